The maximum atomic E-state index is 5.01. The van der Waals surface area contributed by atoms with E-state index in [0.29, 0.717) is 0 Å². The highest BCUT2D eigenvalue weighted by molar-refractivity contribution is 7.25. The molecule has 0 atom stereocenters. The van der Waals surface area contributed by atoms with Crippen molar-refractivity contribution in [1.29, 1.82) is 0 Å². The highest BCUT2D eigenvalue weighted by atomic mass is 32.1. The number of rotatable bonds is 4. The molecule has 2 nitrogen and oxygen atoms in total. The van der Waals surface area contributed by atoms with Crippen molar-refractivity contribution in [3.63, 3.8) is 0 Å². The van der Waals surface area contributed by atoms with Gasteiger partial charge in [-0.25, -0.2) is 9.97 Å². The molecule has 5 aromatic carbocycles. The zero-order valence-corrected chi connectivity index (χ0v) is 20.8. The second kappa shape index (κ2) is 9.12. The second-order valence-corrected chi connectivity index (χ2v) is 10.2. The number of benzene rings is 5. The third kappa shape index (κ3) is 4.10. The maximum Gasteiger partial charge on any atom is 0.160 e. The van der Waals surface area contributed by atoms with Crippen LogP contribution in [-0.2, 0) is 0 Å². The van der Waals surface area contributed by atoms with Crippen molar-refractivity contribution in [1.82, 2.24) is 9.97 Å². The quantitative estimate of drug-likeness (QED) is 0.245. The molecule has 0 bridgehead atoms. The number of thiophene rings is 1. The van der Waals surface area contributed by atoms with Crippen LogP contribution in [0.5, 0.6) is 0 Å². The summed E-state index contributed by atoms with van der Waals surface area (Å²) in [5.74, 6) is 0.730. The van der Waals surface area contributed by atoms with Crippen LogP contribution in [0, 0.1) is 0 Å². The topological polar surface area (TPSA) is 25.8 Å². The molecule has 0 aliphatic rings. The van der Waals surface area contributed by atoms with Crippen LogP contribution in [0.4, 0.5) is 0 Å². The Morgan fingerprint density at radius 1 is 0.378 bits per heavy atom. The summed E-state index contributed by atoms with van der Waals surface area (Å²) in [5, 5.41) is 2.62. The Morgan fingerprint density at radius 2 is 0.973 bits per heavy atom. The van der Waals surface area contributed by atoms with Crippen molar-refractivity contribution in [3.8, 4) is 45.0 Å². The van der Waals surface area contributed by atoms with Gasteiger partial charge in [0.2, 0.25) is 0 Å². The van der Waals surface area contributed by atoms with E-state index in [9.17, 15) is 0 Å². The molecular formula is C34H22N2S. The highest BCUT2D eigenvalue weighted by Gasteiger charge is 2.12. The van der Waals surface area contributed by atoms with Gasteiger partial charge < -0.3 is 0 Å². The number of fused-ring (bicyclic) bond motifs is 3. The van der Waals surface area contributed by atoms with Gasteiger partial charge >= 0.3 is 0 Å². The van der Waals surface area contributed by atoms with E-state index in [2.05, 4.69) is 97.1 Å². The van der Waals surface area contributed by atoms with Gasteiger partial charge in [0.05, 0.1) is 11.4 Å². The summed E-state index contributed by atoms with van der Waals surface area (Å²) in [6.07, 6.45) is 0. The lowest BCUT2D eigenvalue weighted by Crippen LogP contribution is -1.96. The van der Waals surface area contributed by atoms with Crippen LogP contribution in [0.3, 0.4) is 0 Å². The molecule has 0 unspecified atom stereocenters. The van der Waals surface area contributed by atoms with Gasteiger partial charge in [0.25, 0.3) is 0 Å². The molecule has 0 saturated carbocycles. The van der Waals surface area contributed by atoms with E-state index in [0.717, 1.165) is 33.9 Å². The minimum absolute atomic E-state index is 0.730. The first-order valence-corrected chi connectivity index (χ1v) is 13.2. The van der Waals surface area contributed by atoms with Gasteiger partial charge in [0.1, 0.15) is 0 Å². The first-order valence-electron chi connectivity index (χ1n) is 12.3. The SMILES string of the molecule is c1ccc(-c2cc(-c3cccc(-c4ccc5sc6ccccc6c5c4)c3)nc(-c3ccccc3)n2)cc1. The summed E-state index contributed by atoms with van der Waals surface area (Å²) in [5.41, 5.74) is 7.37. The predicted molar refractivity (Wildman–Crippen MR) is 157 cm³/mol. The van der Waals surface area contributed by atoms with Crippen molar-refractivity contribution in [3.05, 3.63) is 133 Å². The van der Waals surface area contributed by atoms with E-state index >= 15 is 0 Å². The molecule has 0 aliphatic heterocycles. The molecule has 0 amide bonds. The summed E-state index contributed by atoms with van der Waals surface area (Å²) < 4.78 is 2.64. The summed E-state index contributed by atoms with van der Waals surface area (Å²) >= 11 is 1.85. The zero-order valence-electron chi connectivity index (χ0n) is 20.0. The average Bonchev–Trinajstić information content (AvgIpc) is 3.36. The lowest BCUT2D eigenvalue weighted by atomic mass is 9.99. The number of hydrogen-bond donors (Lipinski definition) is 0. The summed E-state index contributed by atoms with van der Waals surface area (Å²) in [4.78, 5) is 9.93. The molecule has 0 aliphatic carbocycles. The first-order chi connectivity index (χ1) is 18.3. The summed E-state index contributed by atoms with van der Waals surface area (Å²) in [6.45, 7) is 0. The van der Waals surface area contributed by atoms with Gasteiger partial charge in [-0.3, -0.25) is 0 Å². The lowest BCUT2D eigenvalue weighted by molar-refractivity contribution is 1.18. The van der Waals surface area contributed by atoms with Crippen LogP contribution in [0.15, 0.2) is 133 Å². The minimum atomic E-state index is 0.730. The highest BCUT2D eigenvalue weighted by Crippen LogP contribution is 2.37. The molecule has 3 heteroatoms. The molecule has 0 spiro atoms. The smallest absolute Gasteiger partial charge is 0.160 e. The molecule has 0 fully saturated rings. The molecule has 37 heavy (non-hydrogen) atoms. The number of nitrogens with zero attached hydrogens (tertiary/aromatic N) is 2. The molecule has 0 saturated heterocycles. The van der Waals surface area contributed by atoms with Crippen LogP contribution in [0.2, 0.25) is 0 Å². The largest absolute Gasteiger partial charge is 0.228 e. The summed E-state index contributed by atoms with van der Waals surface area (Å²) in [7, 11) is 0. The van der Waals surface area contributed by atoms with Crippen molar-refractivity contribution in [2.45, 2.75) is 0 Å². The van der Waals surface area contributed by atoms with Gasteiger partial charge in [-0.05, 0) is 41.5 Å². The van der Waals surface area contributed by atoms with Gasteiger partial charge in [0.15, 0.2) is 5.82 Å². The van der Waals surface area contributed by atoms with E-state index in [-0.39, 0.29) is 0 Å². The van der Waals surface area contributed by atoms with Crippen molar-refractivity contribution >= 4 is 31.5 Å². The Bertz CT molecular complexity index is 1810. The minimum Gasteiger partial charge on any atom is -0.228 e. The predicted octanol–water partition coefficient (Wildman–Crippen LogP) is 9.51. The van der Waals surface area contributed by atoms with Crippen molar-refractivity contribution < 1.29 is 0 Å². The van der Waals surface area contributed by atoms with Gasteiger partial charge in [-0.2, -0.15) is 0 Å². The first kappa shape index (κ1) is 21.7. The van der Waals surface area contributed by atoms with Gasteiger partial charge in [0, 0.05) is 36.9 Å². The Labute approximate surface area is 219 Å². The normalized spacial score (nSPS) is 11.2. The average molecular weight is 491 g/mol. The summed E-state index contributed by atoms with van der Waals surface area (Å²) in [6, 6.07) is 46.7. The van der Waals surface area contributed by atoms with E-state index in [1.165, 1.54) is 31.3 Å². The number of hydrogen-bond acceptors (Lipinski definition) is 3. The fraction of sp³-hybridized carbons (Fsp3) is 0. The van der Waals surface area contributed by atoms with Crippen LogP contribution in [-0.4, -0.2) is 9.97 Å². The Hall–Kier alpha value is -4.60. The van der Waals surface area contributed by atoms with Crippen LogP contribution in [0.1, 0.15) is 0 Å². The molecule has 7 aromatic rings. The van der Waals surface area contributed by atoms with Crippen LogP contribution < -0.4 is 0 Å². The second-order valence-electron chi connectivity index (χ2n) is 9.08. The molecule has 0 N–H and O–H groups in total. The zero-order chi connectivity index (χ0) is 24.6. The van der Waals surface area contributed by atoms with Crippen molar-refractivity contribution in [2.75, 3.05) is 0 Å². The third-order valence-corrected chi connectivity index (χ3v) is 7.85. The molecule has 7 rings (SSSR count). The van der Waals surface area contributed by atoms with Crippen molar-refractivity contribution in [2.24, 2.45) is 0 Å². The van der Waals surface area contributed by atoms with Gasteiger partial charge in [-0.15, -0.1) is 11.3 Å². The molecular weight excluding hydrogens is 468 g/mol. The molecule has 174 valence electrons. The molecule has 2 aromatic heterocycles. The standard InChI is InChI=1S/C34H22N2S/c1-3-10-23(11-4-1)30-22-31(36-34(35-30)24-12-5-2-6-13-24)27-15-9-14-25(20-27)26-18-19-33-29(21-26)28-16-7-8-17-32(28)37-33/h1-22H. The lowest BCUT2D eigenvalue weighted by Gasteiger charge is -2.11. The van der Waals surface area contributed by atoms with Crippen LogP contribution in [0.25, 0.3) is 65.2 Å². The Balaban J connectivity index is 1.36. The maximum absolute atomic E-state index is 5.01. The Kier molecular flexibility index (Phi) is 5.34. The van der Waals surface area contributed by atoms with E-state index in [4.69, 9.17) is 9.97 Å². The molecule has 0 radical (unpaired) electrons. The van der Waals surface area contributed by atoms with E-state index in [1.807, 2.05) is 47.7 Å². The van der Waals surface area contributed by atoms with E-state index < -0.39 is 0 Å². The monoisotopic (exact) mass is 490 g/mol. The van der Waals surface area contributed by atoms with Gasteiger partial charge in [-0.1, -0.05) is 103 Å². The Morgan fingerprint density at radius 3 is 1.78 bits per heavy atom. The number of aromatic nitrogens is 2. The fourth-order valence-corrected chi connectivity index (χ4v) is 5.92. The third-order valence-electron chi connectivity index (χ3n) is 6.70. The van der Waals surface area contributed by atoms with Crippen LogP contribution >= 0.6 is 11.3 Å². The van der Waals surface area contributed by atoms with E-state index in [1.54, 1.807) is 0 Å². The molecule has 2 heterocycles. The fourth-order valence-electron chi connectivity index (χ4n) is 4.83.